The molecule has 0 radical (unpaired) electrons. The second-order valence-corrected chi connectivity index (χ2v) is 4.98. The molecule has 0 bridgehead atoms. The average Bonchev–Trinajstić information content (AvgIpc) is 2.55. The van der Waals surface area contributed by atoms with Crippen LogP contribution >= 0.6 is 0 Å². The molecule has 0 aliphatic carbocycles. The van der Waals surface area contributed by atoms with Crippen molar-refractivity contribution in [1.29, 1.82) is 0 Å². The first-order valence-corrected chi connectivity index (χ1v) is 7.16. The molecule has 0 aliphatic rings. The van der Waals surface area contributed by atoms with Gasteiger partial charge in [0.1, 0.15) is 0 Å². The highest BCUT2D eigenvalue weighted by Crippen LogP contribution is 2.07. The molecular formula is C17H19N3O2. The number of carbonyl (C=O) groups excluding carboxylic acids is 2. The van der Waals surface area contributed by atoms with Gasteiger partial charge in [-0.05, 0) is 24.6 Å². The number of hydrogen-bond donors (Lipinski definition) is 2. The van der Waals surface area contributed by atoms with E-state index in [0.717, 1.165) is 11.3 Å². The third-order valence-corrected chi connectivity index (χ3v) is 3.16. The van der Waals surface area contributed by atoms with E-state index in [4.69, 9.17) is 0 Å². The van der Waals surface area contributed by atoms with E-state index in [9.17, 15) is 9.59 Å². The summed E-state index contributed by atoms with van der Waals surface area (Å²) in [5.74, 6) is -0.411. The molecule has 5 nitrogen and oxygen atoms in total. The van der Waals surface area contributed by atoms with Gasteiger partial charge >= 0.3 is 0 Å². The molecule has 2 amide bonds. The van der Waals surface area contributed by atoms with Gasteiger partial charge in [-0.15, -0.1) is 0 Å². The van der Waals surface area contributed by atoms with Crippen molar-refractivity contribution in [1.82, 2.24) is 15.6 Å². The molecule has 1 atom stereocenters. The zero-order valence-electron chi connectivity index (χ0n) is 12.5. The van der Waals surface area contributed by atoms with Crippen LogP contribution in [0, 0.1) is 0 Å². The molecule has 0 spiro atoms. The van der Waals surface area contributed by atoms with E-state index in [1.54, 1.807) is 6.20 Å². The number of hydrogen-bond acceptors (Lipinski definition) is 3. The summed E-state index contributed by atoms with van der Waals surface area (Å²) in [7, 11) is 0. The number of nitrogens with one attached hydrogen (secondary N) is 2. The van der Waals surface area contributed by atoms with E-state index >= 15 is 0 Å². The molecule has 0 saturated heterocycles. The fraction of sp³-hybridized carbons (Fsp3) is 0.235. The number of benzene rings is 1. The van der Waals surface area contributed by atoms with Gasteiger partial charge in [0.15, 0.2) is 0 Å². The Hall–Kier alpha value is -2.69. The molecular weight excluding hydrogens is 278 g/mol. The van der Waals surface area contributed by atoms with Crippen LogP contribution in [-0.2, 0) is 16.0 Å². The number of rotatable bonds is 6. The van der Waals surface area contributed by atoms with Gasteiger partial charge < -0.3 is 10.6 Å². The van der Waals surface area contributed by atoms with Crippen molar-refractivity contribution in [3.63, 3.8) is 0 Å². The Kier molecular flexibility index (Phi) is 5.65. The summed E-state index contributed by atoms with van der Waals surface area (Å²) >= 11 is 0. The standard InChI is InChI=1S/C17H19N3O2/c1-13(15-9-5-6-10-18-15)20-17(22)12-19-16(21)11-14-7-3-2-4-8-14/h2-10,13H,11-12H2,1H3,(H,19,21)(H,20,22). The Morgan fingerprint density at radius 2 is 1.77 bits per heavy atom. The topological polar surface area (TPSA) is 71.1 Å². The second kappa shape index (κ2) is 7.93. The summed E-state index contributed by atoms with van der Waals surface area (Å²) in [6.07, 6.45) is 1.95. The van der Waals surface area contributed by atoms with Crippen molar-refractivity contribution < 1.29 is 9.59 Å². The molecule has 1 aromatic heterocycles. The van der Waals surface area contributed by atoms with Crippen LogP contribution in [0.5, 0.6) is 0 Å². The minimum Gasteiger partial charge on any atom is -0.347 e. The molecule has 114 valence electrons. The maximum Gasteiger partial charge on any atom is 0.239 e. The van der Waals surface area contributed by atoms with Crippen molar-refractivity contribution in [3.05, 3.63) is 66.0 Å². The lowest BCUT2D eigenvalue weighted by Crippen LogP contribution is -2.38. The predicted octanol–water partition coefficient (Wildman–Crippen LogP) is 1.62. The molecule has 22 heavy (non-hydrogen) atoms. The number of amides is 2. The minimum absolute atomic E-state index is 0.0388. The highest BCUT2D eigenvalue weighted by Gasteiger charge is 2.11. The summed E-state index contributed by atoms with van der Waals surface area (Å²) in [4.78, 5) is 27.8. The van der Waals surface area contributed by atoms with E-state index < -0.39 is 0 Å². The van der Waals surface area contributed by atoms with Crippen LogP contribution in [-0.4, -0.2) is 23.3 Å². The van der Waals surface area contributed by atoms with Crippen LogP contribution in [0.1, 0.15) is 24.2 Å². The lowest BCUT2D eigenvalue weighted by Gasteiger charge is -2.13. The summed E-state index contributed by atoms with van der Waals surface area (Å²) in [6, 6.07) is 14.8. The molecule has 1 heterocycles. The van der Waals surface area contributed by atoms with Gasteiger partial charge in [-0.2, -0.15) is 0 Å². The zero-order chi connectivity index (χ0) is 15.8. The highest BCUT2D eigenvalue weighted by molar-refractivity contribution is 5.85. The Balaban J connectivity index is 1.74. The molecule has 5 heteroatoms. The lowest BCUT2D eigenvalue weighted by atomic mass is 10.1. The van der Waals surface area contributed by atoms with Gasteiger partial charge in [-0.1, -0.05) is 36.4 Å². The average molecular weight is 297 g/mol. The van der Waals surface area contributed by atoms with E-state index in [-0.39, 0.29) is 30.8 Å². The third kappa shape index (κ3) is 5.01. The number of aromatic nitrogens is 1. The monoisotopic (exact) mass is 297 g/mol. The Morgan fingerprint density at radius 3 is 2.45 bits per heavy atom. The fourth-order valence-corrected chi connectivity index (χ4v) is 2.02. The van der Waals surface area contributed by atoms with Crippen molar-refractivity contribution in [2.24, 2.45) is 0 Å². The smallest absolute Gasteiger partial charge is 0.239 e. The minimum atomic E-state index is -0.237. The van der Waals surface area contributed by atoms with Gasteiger partial charge in [0, 0.05) is 6.20 Å². The van der Waals surface area contributed by atoms with Crippen molar-refractivity contribution in [2.75, 3.05) is 6.54 Å². The fourth-order valence-electron chi connectivity index (χ4n) is 2.02. The van der Waals surface area contributed by atoms with E-state index in [1.165, 1.54) is 0 Å². The Bertz CT molecular complexity index is 614. The normalized spacial score (nSPS) is 11.5. The Labute approximate surface area is 129 Å². The van der Waals surface area contributed by atoms with E-state index in [2.05, 4.69) is 15.6 Å². The van der Waals surface area contributed by atoms with Crippen LogP contribution in [0.3, 0.4) is 0 Å². The molecule has 0 fully saturated rings. The van der Waals surface area contributed by atoms with Gasteiger partial charge in [0.05, 0.1) is 24.7 Å². The maximum absolute atomic E-state index is 11.8. The van der Waals surface area contributed by atoms with Crippen molar-refractivity contribution in [3.8, 4) is 0 Å². The van der Waals surface area contributed by atoms with E-state index in [0.29, 0.717) is 0 Å². The van der Waals surface area contributed by atoms with Crippen LogP contribution in [0.2, 0.25) is 0 Å². The summed E-state index contributed by atoms with van der Waals surface area (Å²) in [5, 5.41) is 5.42. The lowest BCUT2D eigenvalue weighted by molar-refractivity contribution is -0.126. The molecule has 2 rings (SSSR count). The molecule has 2 aromatic rings. The van der Waals surface area contributed by atoms with Crippen LogP contribution in [0.4, 0.5) is 0 Å². The second-order valence-electron chi connectivity index (χ2n) is 4.98. The highest BCUT2D eigenvalue weighted by atomic mass is 16.2. The molecule has 1 aromatic carbocycles. The molecule has 0 saturated carbocycles. The predicted molar refractivity (Wildman–Crippen MR) is 84.0 cm³/mol. The van der Waals surface area contributed by atoms with Gasteiger partial charge in [-0.3, -0.25) is 14.6 Å². The first-order valence-electron chi connectivity index (χ1n) is 7.16. The first kappa shape index (κ1) is 15.7. The number of pyridine rings is 1. The zero-order valence-corrected chi connectivity index (χ0v) is 12.5. The van der Waals surface area contributed by atoms with Crippen molar-refractivity contribution >= 4 is 11.8 Å². The number of nitrogens with zero attached hydrogens (tertiary/aromatic N) is 1. The molecule has 1 unspecified atom stereocenters. The van der Waals surface area contributed by atoms with Gasteiger partial charge in [-0.25, -0.2) is 0 Å². The van der Waals surface area contributed by atoms with Gasteiger partial charge in [0.2, 0.25) is 11.8 Å². The SMILES string of the molecule is CC(NC(=O)CNC(=O)Cc1ccccc1)c1ccccn1. The first-order chi connectivity index (χ1) is 10.6. The summed E-state index contributed by atoms with van der Waals surface area (Å²) < 4.78 is 0. The van der Waals surface area contributed by atoms with Crippen LogP contribution < -0.4 is 10.6 Å². The number of carbonyl (C=O) groups is 2. The maximum atomic E-state index is 11.8. The van der Waals surface area contributed by atoms with Crippen molar-refractivity contribution in [2.45, 2.75) is 19.4 Å². The van der Waals surface area contributed by atoms with Crippen LogP contribution in [0.25, 0.3) is 0 Å². The quantitative estimate of drug-likeness (QED) is 0.851. The Morgan fingerprint density at radius 1 is 1.05 bits per heavy atom. The largest absolute Gasteiger partial charge is 0.347 e. The van der Waals surface area contributed by atoms with Gasteiger partial charge in [0.25, 0.3) is 0 Å². The summed E-state index contributed by atoms with van der Waals surface area (Å²) in [6.45, 7) is 1.81. The van der Waals surface area contributed by atoms with E-state index in [1.807, 2.05) is 55.5 Å². The van der Waals surface area contributed by atoms with Crippen LogP contribution in [0.15, 0.2) is 54.7 Å². The molecule has 0 aliphatic heterocycles. The summed E-state index contributed by atoms with van der Waals surface area (Å²) in [5.41, 5.74) is 1.70. The third-order valence-electron chi connectivity index (χ3n) is 3.16. The molecule has 2 N–H and O–H groups in total.